The molecule has 0 radical (unpaired) electrons. The maximum Gasteiger partial charge on any atom is 0.410 e. The van der Waals surface area contributed by atoms with E-state index in [1.165, 1.54) is 12.0 Å². The van der Waals surface area contributed by atoms with Gasteiger partial charge in [0.15, 0.2) is 0 Å². The van der Waals surface area contributed by atoms with E-state index in [4.69, 9.17) is 21.1 Å². The summed E-state index contributed by atoms with van der Waals surface area (Å²) in [6.45, 7) is 6.52. The van der Waals surface area contributed by atoms with E-state index in [0.29, 0.717) is 31.1 Å². The summed E-state index contributed by atoms with van der Waals surface area (Å²) < 4.78 is 15.8. The third-order valence-electron chi connectivity index (χ3n) is 3.53. The second kappa shape index (κ2) is 11.0. The summed E-state index contributed by atoms with van der Waals surface area (Å²) in [6.07, 6.45) is -0.635. The Bertz CT molecular complexity index is 618. The van der Waals surface area contributed by atoms with Crippen molar-refractivity contribution in [1.29, 1.82) is 0 Å². The molecule has 1 N–H and O–H groups in total. The number of benzene rings is 1. The van der Waals surface area contributed by atoms with Gasteiger partial charge in [-0.15, -0.1) is 0 Å². The van der Waals surface area contributed by atoms with Crippen molar-refractivity contribution in [2.24, 2.45) is 0 Å². The molecular formula is C19H29ClN2O5. The summed E-state index contributed by atoms with van der Waals surface area (Å²) in [5.74, 6) is 0. The predicted molar refractivity (Wildman–Crippen MR) is 104 cm³/mol. The molecule has 0 fully saturated rings. The van der Waals surface area contributed by atoms with Crippen LogP contribution in [0, 0.1) is 0 Å². The molecule has 7 nitrogen and oxygen atoms in total. The van der Waals surface area contributed by atoms with Gasteiger partial charge in [-0.25, -0.2) is 9.59 Å². The van der Waals surface area contributed by atoms with Gasteiger partial charge in [-0.05, 0) is 44.9 Å². The van der Waals surface area contributed by atoms with Crippen LogP contribution in [-0.4, -0.2) is 56.5 Å². The third kappa shape index (κ3) is 9.49. The highest BCUT2D eigenvalue weighted by molar-refractivity contribution is 6.30. The van der Waals surface area contributed by atoms with E-state index >= 15 is 0 Å². The number of halogens is 1. The Morgan fingerprint density at radius 3 is 2.59 bits per heavy atom. The molecule has 27 heavy (non-hydrogen) atoms. The molecule has 0 heterocycles. The average Bonchev–Trinajstić information content (AvgIpc) is 2.58. The number of alkyl carbamates (subject to hydrolysis) is 1. The quantitative estimate of drug-likeness (QED) is 0.667. The van der Waals surface area contributed by atoms with E-state index in [-0.39, 0.29) is 12.2 Å². The topological polar surface area (TPSA) is 77.1 Å². The molecule has 0 bridgehead atoms. The van der Waals surface area contributed by atoms with Gasteiger partial charge in [-0.2, -0.15) is 0 Å². The first kappa shape index (κ1) is 23.0. The van der Waals surface area contributed by atoms with Crippen LogP contribution in [0.3, 0.4) is 0 Å². The van der Waals surface area contributed by atoms with Gasteiger partial charge in [-0.1, -0.05) is 23.7 Å². The second-order valence-electron chi connectivity index (χ2n) is 7.02. The number of amides is 2. The molecule has 0 aliphatic heterocycles. The fourth-order valence-corrected chi connectivity index (χ4v) is 2.42. The first-order chi connectivity index (χ1) is 12.6. The number of hydrogen-bond acceptors (Lipinski definition) is 5. The lowest BCUT2D eigenvalue weighted by Gasteiger charge is -2.26. The molecule has 1 aromatic carbocycles. The smallest absolute Gasteiger partial charge is 0.410 e. The fourth-order valence-electron chi connectivity index (χ4n) is 2.22. The van der Waals surface area contributed by atoms with Crippen molar-refractivity contribution >= 4 is 23.8 Å². The van der Waals surface area contributed by atoms with E-state index in [0.717, 1.165) is 5.56 Å². The van der Waals surface area contributed by atoms with Crippen LogP contribution in [-0.2, 0) is 14.2 Å². The van der Waals surface area contributed by atoms with Gasteiger partial charge in [0, 0.05) is 25.2 Å². The standard InChI is InChI=1S/C19H29ClN2O5/c1-19(2,3)27-18(24)22(4)11-9-16(14-7-6-8-15(20)13-14)26-12-10-21-17(23)25-5/h6-8,13,16H,9-12H2,1-5H3,(H,21,23)/t16-/m1/s1. The summed E-state index contributed by atoms with van der Waals surface area (Å²) in [6, 6.07) is 7.37. The Kier molecular flexibility index (Phi) is 9.38. The van der Waals surface area contributed by atoms with E-state index in [1.54, 1.807) is 13.1 Å². The zero-order valence-corrected chi connectivity index (χ0v) is 17.3. The van der Waals surface area contributed by atoms with Crippen LogP contribution >= 0.6 is 11.6 Å². The monoisotopic (exact) mass is 400 g/mol. The maximum absolute atomic E-state index is 12.1. The van der Waals surface area contributed by atoms with Crippen molar-refractivity contribution in [3.05, 3.63) is 34.9 Å². The highest BCUT2D eigenvalue weighted by atomic mass is 35.5. The van der Waals surface area contributed by atoms with Crippen LogP contribution in [0.1, 0.15) is 38.9 Å². The van der Waals surface area contributed by atoms with Crippen molar-refractivity contribution in [2.45, 2.75) is 38.9 Å². The molecular weight excluding hydrogens is 372 g/mol. The molecule has 0 aliphatic carbocycles. The predicted octanol–water partition coefficient (Wildman–Crippen LogP) is 4.01. The number of methoxy groups -OCH3 is 1. The van der Waals surface area contributed by atoms with Crippen LogP contribution in [0.15, 0.2) is 24.3 Å². The first-order valence-electron chi connectivity index (χ1n) is 8.75. The largest absolute Gasteiger partial charge is 0.453 e. The number of nitrogens with zero attached hydrogens (tertiary/aromatic N) is 1. The van der Waals surface area contributed by atoms with Crippen LogP contribution in [0.4, 0.5) is 9.59 Å². The maximum atomic E-state index is 12.1. The second-order valence-corrected chi connectivity index (χ2v) is 7.46. The van der Waals surface area contributed by atoms with Gasteiger partial charge in [0.1, 0.15) is 5.60 Å². The van der Waals surface area contributed by atoms with Crippen molar-refractivity contribution in [2.75, 3.05) is 33.9 Å². The zero-order chi connectivity index (χ0) is 20.4. The van der Waals surface area contributed by atoms with E-state index in [2.05, 4.69) is 10.1 Å². The molecule has 1 aromatic rings. The summed E-state index contributed by atoms with van der Waals surface area (Å²) in [5, 5.41) is 3.17. The molecule has 0 aliphatic rings. The lowest BCUT2D eigenvalue weighted by Crippen LogP contribution is -2.35. The van der Waals surface area contributed by atoms with Crippen molar-refractivity contribution in [1.82, 2.24) is 10.2 Å². The fraction of sp³-hybridized carbons (Fsp3) is 0.579. The molecule has 0 saturated carbocycles. The van der Waals surface area contributed by atoms with E-state index in [9.17, 15) is 9.59 Å². The Hall–Kier alpha value is -1.99. The summed E-state index contributed by atoms with van der Waals surface area (Å²) >= 11 is 6.08. The van der Waals surface area contributed by atoms with E-state index in [1.807, 2.05) is 39.0 Å². The van der Waals surface area contributed by atoms with Crippen molar-refractivity contribution in [3.63, 3.8) is 0 Å². The zero-order valence-electron chi connectivity index (χ0n) is 16.6. The minimum atomic E-state index is -0.548. The van der Waals surface area contributed by atoms with Crippen LogP contribution in [0.5, 0.6) is 0 Å². The Morgan fingerprint density at radius 1 is 1.30 bits per heavy atom. The number of nitrogens with one attached hydrogen (secondary N) is 1. The summed E-state index contributed by atoms with van der Waals surface area (Å²) in [5.41, 5.74) is 0.353. The minimum Gasteiger partial charge on any atom is -0.453 e. The first-order valence-corrected chi connectivity index (χ1v) is 9.13. The number of rotatable bonds is 8. The number of carbonyl (C=O) groups excluding carboxylic acids is 2. The summed E-state index contributed by atoms with van der Waals surface area (Å²) in [7, 11) is 2.99. The van der Waals surface area contributed by atoms with Crippen LogP contribution in [0.25, 0.3) is 0 Å². The van der Waals surface area contributed by atoms with Crippen LogP contribution < -0.4 is 5.32 Å². The highest BCUT2D eigenvalue weighted by Gasteiger charge is 2.21. The minimum absolute atomic E-state index is 0.284. The Labute approximate surface area is 165 Å². The molecule has 0 unspecified atom stereocenters. The molecule has 0 saturated heterocycles. The van der Waals surface area contributed by atoms with Crippen LogP contribution in [0.2, 0.25) is 5.02 Å². The molecule has 152 valence electrons. The molecule has 0 aromatic heterocycles. The van der Waals surface area contributed by atoms with Gasteiger partial charge in [0.05, 0.1) is 19.8 Å². The lowest BCUT2D eigenvalue weighted by molar-refractivity contribution is 0.0189. The van der Waals surface area contributed by atoms with Gasteiger partial charge in [0.2, 0.25) is 0 Å². The normalized spacial score (nSPS) is 12.2. The highest BCUT2D eigenvalue weighted by Crippen LogP contribution is 2.24. The van der Waals surface area contributed by atoms with Crippen molar-refractivity contribution < 1.29 is 23.8 Å². The van der Waals surface area contributed by atoms with Crippen molar-refractivity contribution in [3.8, 4) is 0 Å². The third-order valence-corrected chi connectivity index (χ3v) is 3.76. The molecule has 1 atom stereocenters. The van der Waals surface area contributed by atoms with Gasteiger partial charge < -0.3 is 24.4 Å². The number of ether oxygens (including phenoxy) is 3. The Morgan fingerprint density at radius 2 is 2.00 bits per heavy atom. The van der Waals surface area contributed by atoms with E-state index < -0.39 is 11.7 Å². The van der Waals surface area contributed by atoms with Gasteiger partial charge in [0.25, 0.3) is 0 Å². The van der Waals surface area contributed by atoms with Gasteiger partial charge in [-0.3, -0.25) is 0 Å². The molecule has 1 rings (SSSR count). The molecule has 0 spiro atoms. The number of hydrogen-bond donors (Lipinski definition) is 1. The Balaban J connectivity index is 2.65. The summed E-state index contributed by atoms with van der Waals surface area (Å²) in [4.78, 5) is 24.7. The average molecular weight is 401 g/mol. The van der Waals surface area contributed by atoms with Gasteiger partial charge >= 0.3 is 12.2 Å². The molecule has 2 amide bonds. The number of carbonyl (C=O) groups is 2. The SMILES string of the molecule is COC(=O)NCCO[C@H](CCN(C)C(=O)OC(C)(C)C)c1cccc(Cl)c1. The molecule has 8 heteroatoms. The lowest BCUT2D eigenvalue weighted by atomic mass is 10.1.